The number of rotatable bonds is 3. The van der Waals surface area contributed by atoms with Crippen LogP contribution in [-0.4, -0.2) is 33.3 Å². The van der Waals surface area contributed by atoms with Gasteiger partial charge in [-0.2, -0.15) is 5.10 Å². The van der Waals surface area contributed by atoms with Crippen LogP contribution in [0.2, 0.25) is 0 Å². The predicted octanol–water partition coefficient (Wildman–Crippen LogP) is 1.52. The molecule has 1 heterocycles. The molecule has 0 saturated carbocycles. The average Bonchev–Trinajstić information content (AvgIpc) is 2.60. The van der Waals surface area contributed by atoms with Crippen molar-refractivity contribution in [3.8, 4) is 0 Å². The lowest BCUT2D eigenvalue weighted by molar-refractivity contribution is 0.0496. The fourth-order valence-corrected chi connectivity index (χ4v) is 1.39. The molecular weight excluding hydrogens is 234 g/mol. The third kappa shape index (κ3) is 3.87. The van der Waals surface area contributed by atoms with Gasteiger partial charge in [-0.15, -0.1) is 0 Å². The minimum Gasteiger partial charge on any atom is -0.444 e. The molecule has 0 bridgehead atoms. The number of carbonyl (C=O) groups excluding carboxylic acids is 2. The third-order valence-corrected chi connectivity index (χ3v) is 2.20. The number of hydrogen-bond donors (Lipinski definition) is 1. The van der Waals surface area contributed by atoms with Crippen LogP contribution in [0, 0.1) is 0 Å². The molecule has 0 radical (unpaired) electrons. The van der Waals surface area contributed by atoms with E-state index in [4.69, 9.17) is 4.74 Å². The number of Topliss-reactive ketones (excluding diaryl/α,β-unsaturated/α-hetero) is 1. The zero-order valence-corrected chi connectivity index (χ0v) is 11.4. The van der Waals surface area contributed by atoms with Gasteiger partial charge in [0.15, 0.2) is 0 Å². The van der Waals surface area contributed by atoms with E-state index in [-0.39, 0.29) is 5.78 Å². The van der Waals surface area contributed by atoms with Crippen molar-refractivity contribution in [2.75, 3.05) is 0 Å². The summed E-state index contributed by atoms with van der Waals surface area (Å²) in [6, 6.07) is 0.950. The van der Waals surface area contributed by atoms with E-state index in [1.165, 1.54) is 10.9 Å². The summed E-state index contributed by atoms with van der Waals surface area (Å²) in [7, 11) is 1.67. The summed E-state index contributed by atoms with van der Waals surface area (Å²) in [5.74, 6) is -0.208. The second-order valence-electron chi connectivity index (χ2n) is 5.07. The van der Waals surface area contributed by atoms with Gasteiger partial charge < -0.3 is 10.1 Å². The maximum atomic E-state index is 12.0. The third-order valence-electron chi connectivity index (χ3n) is 2.20. The fraction of sp³-hybridized carbons (Fsp3) is 0.583. The standard InChI is InChI=1S/C12H19N3O3/c1-8(14-11(17)18-12(2,3)4)10(16)9-6-7-13-15(9)5/h6-8H,1-5H3,(H,14,17)/t8-/m0/s1. The van der Waals surface area contributed by atoms with Gasteiger partial charge in [-0.25, -0.2) is 4.79 Å². The van der Waals surface area contributed by atoms with E-state index in [1.54, 1.807) is 40.8 Å². The zero-order chi connectivity index (χ0) is 13.9. The molecule has 1 N–H and O–H groups in total. The van der Waals surface area contributed by atoms with Crippen LogP contribution in [-0.2, 0) is 11.8 Å². The smallest absolute Gasteiger partial charge is 0.408 e. The molecule has 1 aromatic heterocycles. The van der Waals surface area contributed by atoms with Crippen molar-refractivity contribution < 1.29 is 14.3 Å². The molecule has 18 heavy (non-hydrogen) atoms. The molecule has 0 fully saturated rings. The quantitative estimate of drug-likeness (QED) is 0.829. The highest BCUT2D eigenvalue weighted by Gasteiger charge is 2.23. The maximum Gasteiger partial charge on any atom is 0.408 e. The SMILES string of the molecule is C[C@H](NC(=O)OC(C)(C)C)C(=O)c1ccnn1C. The number of amides is 1. The number of aryl methyl sites for hydroxylation is 1. The lowest BCUT2D eigenvalue weighted by Gasteiger charge is -2.21. The van der Waals surface area contributed by atoms with Crippen LogP contribution in [0.1, 0.15) is 38.2 Å². The summed E-state index contributed by atoms with van der Waals surface area (Å²) < 4.78 is 6.55. The molecule has 0 saturated heterocycles. The highest BCUT2D eigenvalue weighted by molar-refractivity contribution is 5.99. The van der Waals surface area contributed by atoms with E-state index in [0.29, 0.717) is 5.69 Å². The monoisotopic (exact) mass is 253 g/mol. The molecule has 100 valence electrons. The van der Waals surface area contributed by atoms with Crippen molar-refractivity contribution in [2.24, 2.45) is 7.05 Å². The van der Waals surface area contributed by atoms with Gasteiger partial charge in [-0.1, -0.05) is 0 Å². The molecule has 6 nitrogen and oxygen atoms in total. The van der Waals surface area contributed by atoms with Gasteiger partial charge >= 0.3 is 6.09 Å². The molecule has 1 aromatic rings. The molecule has 0 aliphatic heterocycles. The van der Waals surface area contributed by atoms with Crippen LogP contribution < -0.4 is 5.32 Å². The second kappa shape index (κ2) is 5.20. The number of ketones is 1. The van der Waals surface area contributed by atoms with Gasteiger partial charge in [-0.05, 0) is 33.8 Å². The normalized spacial score (nSPS) is 12.9. The fourth-order valence-electron chi connectivity index (χ4n) is 1.39. The van der Waals surface area contributed by atoms with E-state index in [1.807, 2.05) is 0 Å². The number of carbonyl (C=O) groups is 2. The van der Waals surface area contributed by atoms with Crippen LogP contribution in [0.15, 0.2) is 12.3 Å². The number of aromatic nitrogens is 2. The van der Waals surface area contributed by atoms with Crippen molar-refractivity contribution in [3.63, 3.8) is 0 Å². The van der Waals surface area contributed by atoms with Crippen molar-refractivity contribution >= 4 is 11.9 Å². The van der Waals surface area contributed by atoms with Crippen LogP contribution >= 0.6 is 0 Å². The number of alkyl carbamates (subject to hydrolysis) is 1. The first-order valence-corrected chi connectivity index (χ1v) is 5.72. The molecule has 1 rings (SSSR count). The molecule has 0 unspecified atom stereocenters. The average molecular weight is 253 g/mol. The minimum atomic E-state index is -0.657. The first-order chi connectivity index (χ1) is 8.20. The van der Waals surface area contributed by atoms with Gasteiger partial charge in [0.1, 0.15) is 11.3 Å². The highest BCUT2D eigenvalue weighted by Crippen LogP contribution is 2.08. The molecule has 1 amide bonds. The Kier molecular flexibility index (Phi) is 4.11. The molecular formula is C12H19N3O3. The Hall–Kier alpha value is -1.85. The summed E-state index contributed by atoms with van der Waals surface area (Å²) in [5, 5.41) is 6.41. The van der Waals surface area contributed by atoms with Gasteiger partial charge in [0.2, 0.25) is 5.78 Å². The Labute approximate surface area is 106 Å². The summed E-state index contributed by atoms with van der Waals surface area (Å²) in [6.45, 7) is 6.90. The first-order valence-electron chi connectivity index (χ1n) is 5.72. The Bertz CT molecular complexity index is 446. The Morgan fingerprint density at radius 1 is 1.44 bits per heavy atom. The van der Waals surface area contributed by atoms with E-state index in [9.17, 15) is 9.59 Å². The number of nitrogens with zero attached hydrogens (tertiary/aromatic N) is 2. The Morgan fingerprint density at radius 2 is 2.06 bits per heavy atom. The summed E-state index contributed by atoms with van der Waals surface area (Å²) >= 11 is 0. The van der Waals surface area contributed by atoms with E-state index in [0.717, 1.165) is 0 Å². The molecule has 0 aliphatic rings. The lowest BCUT2D eigenvalue weighted by atomic mass is 10.1. The summed E-state index contributed by atoms with van der Waals surface area (Å²) in [5.41, 5.74) is -0.141. The van der Waals surface area contributed by atoms with E-state index in [2.05, 4.69) is 10.4 Å². The largest absolute Gasteiger partial charge is 0.444 e. The molecule has 1 atom stereocenters. The van der Waals surface area contributed by atoms with Crippen LogP contribution in [0.25, 0.3) is 0 Å². The van der Waals surface area contributed by atoms with E-state index < -0.39 is 17.7 Å². The van der Waals surface area contributed by atoms with Crippen LogP contribution in [0.4, 0.5) is 4.79 Å². The van der Waals surface area contributed by atoms with Gasteiger partial charge in [0, 0.05) is 13.2 Å². The maximum absolute atomic E-state index is 12.0. The van der Waals surface area contributed by atoms with Gasteiger partial charge in [0.05, 0.1) is 6.04 Å². The first kappa shape index (κ1) is 14.2. The molecule has 0 aliphatic carbocycles. The molecule has 0 aromatic carbocycles. The lowest BCUT2D eigenvalue weighted by Crippen LogP contribution is -2.42. The molecule has 0 spiro atoms. The Morgan fingerprint density at radius 3 is 2.50 bits per heavy atom. The zero-order valence-electron chi connectivity index (χ0n) is 11.4. The number of hydrogen-bond acceptors (Lipinski definition) is 4. The Balaban J connectivity index is 2.61. The predicted molar refractivity (Wildman–Crippen MR) is 66.4 cm³/mol. The van der Waals surface area contributed by atoms with Crippen LogP contribution in [0.5, 0.6) is 0 Å². The molecule has 6 heteroatoms. The number of nitrogens with one attached hydrogen (secondary N) is 1. The summed E-state index contributed by atoms with van der Waals surface area (Å²) in [6.07, 6.45) is 0.929. The van der Waals surface area contributed by atoms with Crippen molar-refractivity contribution in [2.45, 2.75) is 39.3 Å². The van der Waals surface area contributed by atoms with Gasteiger partial charge in [-0.3, -0.25) is 9.48 Å². The van der Waals surface area contributed by atoms with Crippen LogP contribution in [0.3, 0.4) is 0 Å². The van der Waals surface area contributed by atoms with Gasteiger partial charge in [0.25, 0.3) is 0 Å². The topological polar surface area (TPSA) is 73.2 Å². The summed E-state index contributed by atoms with van der Waals surface area (Å²) in [4.78, 5) is 23.5. The van der Waals surface area contributed by atoms with Crippen molar-refractivity contribution in [1.29, 1.82) is 0 Å². The second-order valence-corrected chi connectivity index (χ2v) is 5.07. The minimum absolute atomic E-state index is 0.208. The van der Waals surface area contributed by atoms with Crippen molar-refractivity contribution in [1.82, 2.24) is 15.1 Å². The highest BCUT2D eigenvalue weighted by atomic mass is 16.6. The van der Waals surface area contributed by atoms with Crippen molar-refractivity contribution in [3.05, 3.63) is 18.0 Å². The number of ether oxygens (including phenoxy) is 1. The van der Waals surface area contributed by atoms with E-state index >= 15 is 0 Å².